The summed E-state index contributed by atoms with van der Waals surface area (Å²) in [5.74, 6) is 0.572. The molecular formula is C24H27N3O6. The first-order valence-electron chi connectivity index (χ1n) is 11.1. The van der Waals surface area contributed by atoms with Crippen LogP contribution in [0.3, 0.4) is 0 Å². The molecule has 0 atom stereocenters. The number of hydrogen-bond acceptors (Lipinski definition) is 6. The number of unbranched alkanes of at least 4 members (excludes halogenated alkanes) is 1. The van der Waals surface area contributed by atoms with Gasteiger partial charge in [-0.05, 0) is 42.8 Å². The summed E-state index contributed by atoms with van der Waals surface area (Å²) in [4.78, 5) is 40.4. The van der Waals surface area contributed by atoms with Gasteiger partial charge in [-0.15, -0.1) is 0 Å². The Morgan fingerprint density at radius 2 is 1.79 bits per heavy atom. The molecule has 2 aliphatic heterocycles. The molecule has 0 aliphatic carbocycles. The fourth-order valence-electron chi connectivity index (χ4n) is 3.62. The van der Waals surface area contributed by atoms with E-state index in [0.717, 1.165) is 12.8 Å². The molecule has 1 saturated heterocycles. The average molecular weight is 453 g/mol. The third kappa shape index (κ3) is 5.36. The zero-order valence-electron chi connectivity index (χ0n) is 18.5. The molecule has 1 N–H and O–H groups in total. The quantitative estimate of drug-likeness (QED) is 0.487. The molecule has 0 spiro atoms. The Balaban J connectivity index is 1.30. The first-order chi connectivity index (χ1) is 16.0. The van der Waals surface area contributed by atoms with Gasteiger partial charge >= 0.3 is 12.0 Å². The topological polar surface area (TPSA) is 97.4 Å². The van der Waals surface area contributed by atoms with Crippen molar-refractivity contribution in [3.05, 3.63) is 48.0 Å². The molecule has 0 radical (unpaired) electrons. The van der Waals surface area contributed by atoms with Crippen molar-refractivity contribution >= 4 is 29.3 Å². The lowest BCUT2D eigenvalue weighted by molar-refractivity contribution is -0.116. The average Bonchev–Trinajstić information content (AvgIpc) is 3.19. The van der Waals surface area contributed by atoms with Crippen molar-refractivity contribution < 1.29 is 28.6 Å². The van der Waals surface area contributed by atoms with E-state index in [1.807, 2.05) is 13.0 Å². The number of carbonyl (C=O) groups is 3. The van der Waals surface area contributed by atoms with Gasteiger partial charge < -0.3 is 24.4 Å². The minimum atomic E-state index is -0.386. The van der Waals surface area contributed by atoms with Crippen LogP contribution in [0.15, 0.2) is 42.5 Å². The molecule has 33 heavy (non-hydrogen) atoms. The number of nitrogens with one attached hydrogen (secondary N) is 1. The largest absolute Gasteiger partial charge is 0.486 e. The van der Waals surface area contributed by atoms with Crippen LogP contribution in [0.4, 0.5) is 16.2 Å². The number of carbonyl (C=O) groups excluding carboxylic acids is 3. The highest BCUT2D eigenvalue weighted by atomic mass is 16.6. The van der Waals surface area contributed by atoms with Gasteiger partial charge in [0, 0.05) is 30.5 Å². The van der Waals surface area contributed by atoms with E-state index in [-0.39, 0.29) is 24.5 Å². The number of rotatable bonds is 8. The number of amides is 3. The van der Waals surface area contributed by atoms with Crippen LogP contribution in [0, 0.1) is 0 Å². The summed E-state index contributed by atoms with van der Waals surface area (Å²) in [6.45, 7) is 4.23. The van der Waals surface area contributed by atoms with E-state index in [2.05, 4.69) is 5.32 Å². The highest BCUT2D eigenvalue weighted by Gasteiger charge is 2.31. The van der Waals surface area contributed by atoms with E-state index in [0.29, 0.717) is 61.3 Å². The van der Waals surface area contributed by atoms with Crippen molar-refractivity contribution in [2.24, 2.45) is 0 Å². The molecule has 0 unspecified atom stereocenters. The number of hydrogen-bond donors (Lipinski definition) is 1. The summed E-state index contributed by atoms with van der Waals surface area (Å²) >= 11 is 0. The molecule has 4 rings (SSSR count). The molecule has 0 aromatic heterocycles. The van der Waals surface area contributed by atoms with E-state index in [9.17, 15) is 14.4 Å². The van der Waals surface area contributed by atoms with Gasteiger partial charge in [-0.2, -0.15) is 0 Å². The smallest absolute Gasteiger partial charge is 0.338 e. The molecule has 2 aliphatic rings. The summed E-state index contributed by atoms with van der Waals surface area (Å²) < 4.78 is 16.3. The Morgan fingerprint density at radius 3 is 2.55 bits per heavy atom. The van der Waals surface area contributed by atoms with Crippen molar-refractivity contribution in [1.82, 2.24) is 4.90 Å². The fraction of sp³-hybridized carbons (Fsp3) is 0.375. The van der Waals surface area contributed by atoms with Gasteiger partial charge in [0.1, 0.15) is 19.8 Å². The van der Waals surface area contributed by atoms with Crippen molar-refractivity contribution in [2.45, 2.75) is 19.8 Å². The first-order valence-corrected chi connectivity index (χ1v) is 11.1. The number of ether oxygens (including phenoxy) is 3. The van der Waals surface area contributed by atoms with Crippen LogP contribution in [0.1, 0.15) is 30.1 Å². The molecule has 3 amide bonds. The van der Waals surface area contributed by atoms with Gasteiger partial charge in [-0.3, -0.25) is 9.69 Å². The zero-order chi connectivity index (χ0) is 23.2. The first kappa shape index (κ1) is 22.4. The zero-order valence-corrected chi connectivity index (χ0v) is 18.5. The minimum absolute atomic E-state index is 0.0688. The predicted octanol–water partition coefficient (Wildman–Crippen LogP) is 3.30. The second kappa shape index (κ2) is 10.2. The summed E-state index contributed by atoms with van der Waals surface area (Å²) in [6, 6.07) is 11.6. The third-order valence-electron chi connectivity index (χ3n) is 5.40. The highest BCUT2D eigenvalue weighted by Crippen LogP contribution is 2.35. The van der Waals surface area contributed by atoms with Gasteiger partial charge in [0.15, 0.2) is 11.5 Å². The van der Waals surface area contributed by atoms with Crippen molar-refractivity contribution in [3.63, 3.8) is 0 Å². The SMILES string of the molecule is CCCCOC(=O)c1ccc(NC(=O)CN2CCN(c3ccc4c(c3)OCCO4)C2=O)cc1. The Bertz CT molecular complexity index is 1020. The van der Waals surface area contributed by atoms with Crippen LogP contribution in [0.5, 0.6) is 11.5 Å². The lowest BCUT2D eigenvalue weighted by atomic mass is 10.2. The van der Waals surface area contributed by atoms with E-state index < -0.39 is 0 Å². The van der Waals surface area contributed by atoms with Gasteiger partial charge in [0.05, 0.1) is 12.2 Å². The lowest BCUT2D eigenvalue weighted by Gasteiger charge is -2.22. The molecule has 0 bridgehead atoms. The maximum atomic E-state index is 12.8. The van der Waals surface area contributed by atoms with Gasteiger partial charge in [-0.1, -0.05) is 13.3 Å². The van der Waals surface area contributed by atoms with Crippen LogP contribution in [0.25, 0.3) is 0 Å². The van der Waals surface area contributed by atoms with Gasteiger partial charge in [0.25, 0.3) is 0 Å². The maximum absolute atomic E-state index is 12.8. The van der Waals surface area contributed by atoms with E-state index in [4.69, 9.17) is 14.2 Å². The molecule has 9 nitrogen and oxygen atoms in total. The molecule has 9 heteroatoms. The fourth-order valence-corrected chi connectivity index (χ4v) is 3.62. The number of benzene rings is 2. The number of esters is 1. The van der Waals surface area contributed by atoms with E-state index in [1.165, 1.54) is 4.90 Å². The second-order valence-electron chi connectivity index (χ2n) is 7.80. The number of urea groups is 1. The van der Waals surface area contributed by atoms with Crippen molar-refractivity contribution in [2.75, 3.05) is 49.7 Å². The molecule has 2 aromatic rings. The Labute approximate surface area is 192 Å². The van der Waals surface area contributed by atoms with Crippen LogP contribution < -0.4 is 19.7 Å². The summed E-state index contributed by atoms with van der Waals surface area (Å²) in [6.07, 6.45) is 1.77. The highest BCUT2D eigenvalue weighted by molar-refractivity contribution is 5.99. The van der Waals surface area contributed by atoms with Crippen LogP contribution in [0.2, 0.25) is 0 Å². The van der Waals surface area contributed by atoms with Crippen molar-refractivity contribution in [1.29, 1.82) is 0 Å². The Kier molecular flexibility index (Phi) is 6.97. The standard InChI is InChI=1S/C24H27N3O6/c1-2-3-12-33-23(29)17-4-6-18(7-5-17)25-22(28)16-26-10-11-27(24(26)30)19-8-9-20-21(15-19)32-14-13-31-20/h4-9,15H,2-3,10-14,16H2,1H3,(H,25,28). The lowest BCUT2D eigenvalue weighted by Crippen LogP contribution is -2.37. The van der Waals surface area contributed by atoms with E-state index in [1.54, 1.807) is 41.3 Å². The number of fused-ring (bicyclic) bond motifs is 1. The summed E-state index contributed by atoms with van der Waals surface area (Å²) in [7, 11) is 0. The molecule has 1 fully saturated rings. The van der Waals surface area contributed by atoms with Crippen LogP contribution in [-0.2, 0) is 9.53 Å². The summed E-state index contributed by atoms with van der Waals surface area (Å²) in [5.41, 5.74) is 1.67. The Morgan fingerprint density at radius 1 is 1.03 bits per heavy atom. The van der Waals surface area contributed by atoms with Crippen LogP contribution >= 0.6 is 0 Å². The molecule has 2 heterocycles. The monoisotopic (exact) mass is 453 g/mol. The van der Waals surface area contributed by atoms with Gasteiger partial charge in [-0.25, -0.2) is 9.59 Å². The Hall–Kier alpha value is -3.75. The summed E-state index contributed by atoms with van der Waals surface area (Å²) in [5, 5.41) is 2.76. The predicted molar refractivity (Wildman–Crippen MR) is 122 cm³/mol. The molecule has 174 valence electrons. The third-order valence-corrected chi connectivity index (χ3v) is 5.40. The molecular weight excluding hydrogens is 426 g/mol. The maximum Gasteiger partial charge on any atom is 0.338 e. The van der Waals surface area contributed by atoms with E-state index >= 15 is 0 Å². The number of nitrogens with zero attached hydrogens (tertiary/aromatic N) is 2. The molecule has 2 aromatic carbocycles. The molecule has 0 saturated carbocycles. The second-order valence-corrected chi connectivity index (χ2v) is 7.80. The van der Waals surface area contributed by atoms with Gasteiger partial charge in [0.2, 0.25) is 5.91 Å². The van der Waals surface area contributed by atoms with Crippen molar-refractivity contribution in [3.8, 4) is 11.5 Å². The number of anilines is 2. The normalized spacial score (nSPS) is 14.9. The van der Waals surface area contributed by atoms with Crippen LogP contribution in [-0.4, -0.2) is 62.3 Å². The minimum Gasteiger partial charge on any atom is -0.486 e.